The van der Waals surface area contributed by atoms with Crippen LogP contribution in [-0.4, -0.2) is 29.9 Å². The van der Waals surface area contributed by atoms with Crippen molar-refractivity contribution in [2.75, 3.05) is 13.1 Å². The van der Waals surface area contributed by atoms with Crippen LogP contribution in [0.15, 0.2) is 0 Å². The number of nitrogens with two attached hydrogens (primary N) is 1. The zero-order chi connectivity index (χ0) is 12.8. The average Bonchev–Trinajstić information content (AvgIpc) is 2.53. The first-order chi connectivity index (χ1) is 8.04. The van der Waals surface area contributed by atoms with Gasteiger partial charge in [-0.3, -0.25) is 4.79 Å². The molecule has 100 valence electrons. The van der Waals surface area contributed by atoms with Gasteiger partial charge in [0.15, 0.2) is 0 Å². The fraction of sp³-hybridized carbons (Fsp3) is 0.929. The molecule has 2 unspecified atom stereocenters. The zero-order valence-corrected chi connectivity index (χ0v) is 11.6. The molecule has 0 aliphatic carbocycles. The standard InChI is InChI=1S/C14H28N2O/c1-4-12-6-5-8-16(9-7-12)14(17)10-13(15)11(2)3/h11-13H,4-10,15H2,1-3H3. The second-order valence-electron chi connectivity index (χ2n) is 5.70. The molecule has 2 atom stereocenters. The Balaban J connectivity index is 2.41. The number of rotatable bonds is 4. The molecule has 3 heteroatoms. The Morgan fingerprint density at radius 3 is 2.65 bits per heavy atom. The molecule has 0 aromatic carbocycles. The van der Waals surface area contributed by atoms with Crippen LogP contribution >= 0.6 is 0 Å². The summed E-state index contributed by atoms with van der Waals surface area (Å²) in [6.07, 6.45) is 5.35. The molecule has 1 aliphatic heterocycles. The Hall–Kier alpha value is -0.570. The highest BCUT2D eigenvalue weighted by atomic mass is 16.2. The lowest BCUT2D eigenvalue weighted by Crippen LogP contribution is -2.38. The van der Waals surface area contributed by atoms with Crippen LogP contribution in [0, 0.1) is 11.8 Å². The first kappa shape index (κ1) is 14.5. The van der Waals surface area contributed by atoms with Gasteiger partial charge in [-0.05, 0) is 31.1 Å². The van der Waals surface area contributed by atoms with Gasteiger partial charge in [0.25, 0.3) is 0 Å². The first-order valence-electron chi connectivity index (χ1n) is 7.08. The topological polar surface area (TPSA) is 46.3 Å². The van der Waals surface area contributed by atoms with Crippen molar-refractivity contribution in [3.63, 3.8) is 0 Å². The predicted molar refractivity (Wildman–Crippen MR) is 71.6 cm³/mol. The minimum atomic E-state index is 0.00715. The molecule has 1 heterocycles. The quantitative estimate of drug-likeness (QED) is 0.820. The van der Waals surface area contributed by atoms with Gasteiger partial charge in [0.1, 0.15) is 0 Å². The lowest BCUT2D eigenvalue weighted by Gasteiger charge is -2.23. The van der Waals surface area contributed by atoms with E-state index in [1.165, 1.54) is 19.3 Å². The van der Waals surface area contributed by atoms with Gasteiger partial charge >= 0.3 is 0 Å². The summed E-state index contributed by atoms with van der Waals surface area (Å²) in [6.45, 7) is 8.26. The minimum Gasteiger partial charge on any atom is -0.343 e. The van der Waals surface area contributed by atoms with E-state index in [1.807, 2.05) is 4.90 Å². The van der Waals surface area contributed by atoms with Crippen LogP contribution in [0.1, 0.15) is 52.9 Å². The second-order valence-corrected chi connectivity index (χ2v) is 5.70. The monoisotopic (exact) mass is 240 g/mol. The summed E-state index contributed by atoms with van der Waals surface area (Å²) in [6, 6.07) is 0.00715. The lowest BCUT2D eigenvalue weighted by molar-refractivity contribution is -0.131. The molecular weight excluding hydrogens is 212 g/mol. The third-order valence-corrected chi connectivity index (χ3v) is 4.04. The van der Waals surface area contributed by atoms with Crippen molar-refractivity contribution < 1.29 is 4.79 Å². The summed E-state index contributed by atoms with van der Waals surface area (Å²) in [4.78, 5) is 14.1. The molecule has 1 amide bonds. The molecule has 1 saturated heterocycles. The first-order valence-corrected chi connectivity index (χ1v) is 7.08. The molecule has 0 spiro atoms. The van der Waals surface area contributed by atoms with Gasteiger partial charge in [0.2, 0.25) is 5.91 Å². The van der Waals surface area contributed by atoms with Crippen LogP contribution in [0.25, 0.3) is 0 Å². The van der Waals surface area contributed by atoms with Gasteiger partial charge in [-0.25, -0.2) is 0 Å². The number of amides is 1. The molecule has 17 heavy (non-hydrogen) atoms. The van der Waals surface area contributed by atoms with Crippen molar-refractivity contribution in [3.05, 3.63) is 0 Å². The van der Waals surface area contributed by atoms with E-state index in [4.69, 9.17) is 5.73 Å². The summed E-state index contributed by atoms with van der Waals surface area (Å²) < 4.78 is 0. The normalized spacial score (nSPS) is 23.6. The smallest absolute Gasteiger partial charge is 0.224 e. The highest BCUT2D eigenvalue weighted by Gasteiger charge is 2.22. The zero-order valence-electron chi connectivity index (χ0n) is 11.6. The molecule has 0 radical (unpaired) electrons. The molecule has 2 N–H and O–H groups in total. The Labute approximate surface area is 106 Å². The van der Waals surface area contributed by atoms with E-state index in [-0.39, 0.29) is 11.9 Å². The summed E-state index contributed by atoms with van der Waals surface area (Å²) in [5.41, 5.74) is 5.97. The van der Waals surface area contributed by atoms with E-state index in [2.05, 4.69) is 20.8 Å². The number of carbonyl (C=O) groups excluding carboxylic acids is 1. The fourth-order valence-corrected chi connectivity index (χ4v) is 2.39. The molecule has 1 rings (SSSR count). The maximum Gasteiger partial charge on any atom is 0.224 e. The maximum absolute atomic E-state index is 12.1. The van der Waals surface area contributed by atoms with Gasteiger partial charge in [-0.2, -0.15) is 0 Å². The number of likely N-dealkylation sites (tertiary alicyclic amines) is 1. The van der Waals surface area contributed by atoms with Gasteiger partial charge in [-0.15, -0.1) is 0 Å². The molecule has 1 fully saturated rings. The molecule has 1 aliphatic rings. The van der Waals surface area contributed by atoms with Gasteiger partial charge in [-0.1, -0.05) is 27.2 Å². The van der Waals surface area contributed by atoms with Crippen LogP contribution < -0.4 is 5.73 Å². The van der Waals surface area contributed by atoms with Crippen LogP contribution in [0.3, 0.4) is 0 Å². The average molecular weight is 240 g/mol. The fourth-order valence-electron chi connectivity index (χ4n) is 2.39. The van der Waals surface area contributed by atoms with E-state index in [0.29, 0.717) is 12.3 Å². The number of carbonyl (C=O) groups is 1. The maximum atomic E-state index is 12.1. The third-order valence-electron chi connectivity index (χ3n) is 4.04. The van der Waals surface area contributed by atoms with E-state index < -0.39 is 0 Å². The molecule has 0 aromatic heterocycles. The van der Waals surface area contributed by atoms with Crippen LogP contribution in [0.2, 0.25) is 0 Å². The number of hydrogen-bond donors (Lipinski definition) is 1. The molecule has 0 aromatic rings. The largest absolute Gasteiger partial charge is 0.343 e. The summed E-state index contributed by atoms with van der Waals surface area (Å²) in [5.74, 6) is 1.45. The summed E-state index contributed by atoms with van der Waals surface area (Å²) in [5, 5.41) is 0. The predicted octanol–water partition coefficient (Wildman–Crippen LogP) is 2.40. The van der Waals surface area contributed by atoms with E-state index in [9.17, 15) is 4.79 Å². The van der Waals surface area contributed by atoms with Crippen LogP contribution in [0.4, 0.5) is 0 Å². The third kappa shape index (κ3) is 4.66. The van der Waals surface area contributed by atoms with Crippen LogP contribution in [-0.2, 0) is 4.79 Å². The van der Waals surface area contributed by atoms with Crippen molar-refractivity contribution in [2.45, 2.75) is 58.9 Å². The van der Waals surface area contributed by atoms with Gasteiger partial charge in [0.05, 0.1) is 0 Å². The summed E-state index contributed by atoms with van der Waals surface area (Å²) >= 11 is 0. The molecule has 0 bridgehead atoms. The Bertz CT molecular complexity index is 240. The molecular formula is C14H28N2O. The lowest BCUT2D eigenvalue weighted by atomic mass is 9.98. The number of hydrogen-bond acceptors (Lipinski definition) is 2. The second kappa shape index (κ2) is 7.00. The SMILES string of the molecule is CCC1CCCN(C(=O)CC(N)C(C)C)CC1. The molecule has 3 nitrogen and oxygen atoms in total. The van der Waals surface area contributed by atoms with Gasteiger partial charge in [0, 0.05) is 25.6 Å². The van der Waals surface area contributed by atoms with Crippen molar-refractivity contribution in [2.24, 2.45) is 17.6 Å². The van der Waals surface area contributed by atoms with Gasteiger partial charge < -0.3 is 10.6 Å². The molecule has 0 saturated carbocycles. The highest BCUT2D eigenvalue weighted by Crippen LogP contribution is 2.21. The van der Waals surface area contributed by atoms with Crippen LogP contribution in [0.5, 0.6) is 0 Å². The van der Waals surface area contributed by atoms with E-state index >= 15 is 0 Å². The summed E-state index contributed by atoms with van der Waals surface area (Å²) in [7, 11) is 0. The Morgan fingerprint density at radius 2 is 2.06 bits per heavy atom. The van der Waals surface area contributed by atoms with E-state index in [0.717, 1.165) is 25.4 Å². The minimum absolute atomic E-state index is 0.00715. The van der Waals surface area contributed by atoms with Crippen molar-refractivity contribution in [1.29, 1.82) is 0 Å². The highest BCUT2D eigenvalue weighted by molar-refractivity contribution is 5.76. The van der Waals surface area contributed by atoms with Crippen molar-refractivity contribution in [3.8, 4) is 0 Å². The Morgan fingerprint density at radius 1 is 1.35 bits per heavy atom. The Kier molecular flexibility index (Phi) is 5.96. The van der Waals surface area contributed by atoms with Crippen molar-refractivity contribution in [1.82, 2.24) is 4.90 Å². The van der Waals surface area contributed by atoms with Crippen molar-refractivity contribution >= 4 is 5.91 Å². The van der Waals surface area contributed by atoms with E-state index in [1.54, 1.807) is 0 Å². The number of nitrogens with zero attached hydrogens (tertiary/aromatic N) is 1.